The number of ether oxygens (including phenoxy) is 1. The summed E-state index contributed by atoms with van der Waals surface area (Å²) in [5.41, 5.74) is 5.98. The van der Waals surface area contributed by atoms with Crippen LogP contribution in [0.25, 0.3) is 0 Å². The maximum atomic E-state index is 11.8. The maximum Gasteiger partial charge on any atom is 0.335 e. The Morgan fingerprint density at radius 3 is 2.65 bits per heavy atom. The molecule has 0 atom stereocenters. The smallest absolute Gasteiger partial charge is 0.335 e. The van der Waals surface area contributed by atoms with Gasteiger partial charge in [0.15, 0.2) is 6.61 Å². The van der Waals surface area contributed by atoms with Crippen LogP contribution in [-0.4, -0.2) is 42.1 Å². The second-order valence-corrected chi connectivity index (χ2v) is 4.52. The van der Waals surface area contributed by atoms with Gasteiger partial charge in [-0.3, -0.25) is 4.79 Å². The SMILES string of the molecule is CCCCN(C)C(=O)COc1ccc(C(=O)O)cc1N. The van der Waals surface area contributed by atoms with Gasteiger partial charge in [0.05, 0.1) is 11.3 Å². The zero-order valence-electron chi connectivity index (χ0n) is 11.8. The van der Waals surface area contributed by atoms with Crippen molar-refractivity contribution in [3.8, 4) is 5.75 Å². The highest BCUT2D eigenvalue weighted by atomic mass is 16.5. The fourth-order valence-electron chi connectivity index (χ4n) is 1.58. The molecule has 0 fully saturated rings. The van der Waals surface area contributed by atoms with Crippen molar-refractivity contribution in [2.45, 2.75) is 19.8 Å². The standard InChI is InChI=1S/C14H20N2O4/c1-3-4-7-16(2)13(17)9-20-12-6-5-10(14(18)19)8-11(12)15/h5-6,8H,3-4,7,9,15H2,1-2H3,(H,18,19). The third-order valence-electron chi connectivity index (χ3n) is 2.88. The molecule has 0 aromatic heterocycles. The number of carboxylic acid groups (broad SMARTS) is 1. The number of likely N-dealkylation sites (N-methyl/N-ethyl adjacent to an activating group) is 1. The van der Waals surface area contributed by atoms with Gasteiger partial charge < -0.3 is 20.5 Å². The average Bonchev–Trinajstić information content (AvgIpc) is 2.42. The average molecular weight is 280 g/mol. The Bertz CT molecular complexity index is 488. The monoisotopic (exact) mass is 280 g/mol. The molecule has 0 saturated carbocycles. The number of aromatic carboxylic acids is 1. The summed E-state index contributed by atoms with van der Waals surface area (Å²) in [6.45, 7) is 2.63. The lowest BCUT2D eigenvalue weighted by atomic mass is 10.2. The van der Waals surface area contributed by atoms with Gasteiger partial charge in [0.1, 0.15) is 5.75 Å². The molecule has 0 aliphatic rings. The van der Waals surface area contributed by atoms with E-state index in [1.54, 1.807) is 11.9 Å². The Hall–Kier alpha value is -2.24. The van der Waals surface area contributed by atoms with Crippen molar-refractivity contribution in [1.29, 1.82) is 0 Å². The molecule has 0 aliphatic carbocycles. The first-order valence-corrected chi connectivity index (χ1v) is 6.45. The minimum absolute atomic E-state index is 0.0845. The Balaban J connectivity index is 2.57. The quantitative estimate of drug-likeness (QED) is 0.740. The van der Waals surface area contributed by atoms with E-state index in [1.807, 2.05) is 0 Å². The number of unbranched alkanes of at least 4 members (excludes halogenated alkanes) is 1. The fraction of sp³-hybridized carbons (Fsp3) is 0.429. The molecule has 0 aliphatic heterocycles. The molecular formula is C14H20N2O4. The summed E-state index contributed by atoms with van der Waals surface area (Å²) >= 11 is 0. The molecule has 110 valence electrons. The van der Waals surface area contributed by atoms with Crippen LogP contribution in [0.15, 0.2) is 18.2 Å². The van der Waals surface area contributed by atoms with Crippen molar-refractivity contribution in [1.82, 2.24) is 4.90 Å². The summed E-state index contributed by atoms with van der Waals surface area (Å²) < 4.78 is 5.33. The van der Waals surface area contributed by atoms with Gasteiger partial charge >= 0.3 is 5.97 Å². The zero-order chi connectivity index (χ0) is 15.1. The highest BCUT2D eigenvalue weighted by Crippen LogP contribution is 2.22. The number of benzene rings is 1. The Labute approximate surface area is 118 Å². The lowest BCUT2D eigenvalue weighted by molar-refractivity contribution is -0.132. The summed E-state index contributed by atoms with van der Waals surface area (Å²) in [6, 6.07) is 4.15. The Morgan fingerprint density at radius 2 is 2.10 bits per heavy atom. The summed E-state index contributed by atoms with van der Waals surface area (Å²) in [4.78, 5) is 24.1. The lowest BCUT2D eigenvalue weighted by Gasteiger charge is -2.17. The highest BCUT2D eigenvalue weighted by Gasteiger charge is 2.11. The predicted molar refractivity (Wildman–Crippen MR) is 75.9 cm³/mol. The normalized spacial score (nSPS) is 10.1. The van der Waals surface area contributed by atoms with Crippen LogP contribution in [0.1, 0.15) is 30.1 Å². The van der Waals surface area contributed by atoms with Crippen LogP contribution in [0.5, 0.6) is 5.75 Å². The number of nitrogens with two attached hydrogens (primary N) is 1. The van der Waals surface area contributed by atoms with Crippen molar-refractivity contribution >= 4 is 17.6 Å². The molecule has 1 aromatic carbocycles. The van der Waals surface area contributed by atoms with Crippen LogP contribution >= 0.6 is 0 Å². The van der Waals surface area contributed by atoms with Crippen LogP contribution in [0.3, 0.4) is 0 Å². The second kappa shape index (κ2) is 7.37. The molecular weight excluding hydrogens is 260 g/mol. The lowest BCUT2D eigenvalue weighted by Crippen LogP contribution is -2.32. The van der Waals surface area contributed by atoms with E-state index in [9.17, 15) is 9.59 Å². The van der Waals surface area contributed by atoms with Gasteiger partial charge in [-0.05, 0) is 24.6 Å². The van der Waals surface area contributed by atoms with Gasteiger partial charge in [-0.25, -0.2) is 4.79 Å². The van der Waals surface area contributed by atoms with Crippen LogP contribution in [0.2, 0.25) is 0 Å². The van der Waals surface area contributed by atoms with E-state index < -0.39 is 5.97 Å². The molecule has 1 amide bonds. The Kier molecular flexibility index (Phi) is 5.83. The van der Waals surface area contributed by atoms with E-state index in [0.717, 1.165) is 12.8 Å². The van der Waals surface area contributed by atoms with Crippen molar-refractivity contribution in [3.63, 3.8) is 0 Å². The number of carbonyl (C=O) groups excluding carboxylic acids is 1. The van der Waals surface area contributed by atoms with E-state index in [0.29, 0.717) is 12.3 Å². The van der Waals surface area contributed by atoms with Gasteiger partial charge in [-0.2, -0.15) is 0 Å². The maximum absolute atomic E-state index is 11.8. The van der Waals surface area contributed by atoms with Gasteiger partial charge in [-0.15, -0.1) is 0 Å². The summed E-state index contributed by atoms with van der Waals surface area (Å²) in [7, 11) is 1.72. The largest absolute Gasteiger partial charge is 0.482 e. The number of carboxylic acids is 1. The molecule has 0 heterocycles. The zero-order valence-corrected chi connectivity index (χ0v) is 11.8. The molecule has 0 bridgehead atoms. The first kappa shape index (κ1) is 15.8. The number of nitrogens with zero attached hydrogens (tertiary/aromatic N) is 1. The van der Waals surface area contributed by atoms with Crippen LogP contribution in [-0.2, 0) is 4.79 Å². The first-order valence-electron chi connectivity index (χ1n) is 6.45. The van der Waals surface area contributed by atoms with Crippen molar-refractivity contribution in [2.24, 2.45) is 0 Å². The third-order valence-corrected chi connectivity index (χ3v) is 2.88. The minimum Gasteiger partial charge on any atom is -0.482 e. The highest BCUT2D eigenvalue weighted by molar-refractivity contribution is 5.89. The van der Waals surface area contributed by atoms with Crippen molar-refractivity contribution in [2.75, 3.05) is 25.9 Å². The second-order valence-electron chi connectivity index (χ2n) is 4.52. The number of anilines is 1. The molecule has 0 spiro atoms. The van der Waals surface area contributed by atoms with Gasteiger partial charge in [-0.1, -0.05) is 13.3 Å². The Morgan fingerprint density at radius 1 is 1.40 bits per heavy atom. The molecule has 0 saturated heterocycles. The molecule has 3 N–H and O–H groups in total. The van der Waals surface area contributed by atoms with Crippen LogP contribution < -0.4 is 10.5 Å². The van der Waals surface area contributed by atoms with Crippen LogP contribution in [0.4, 0.5) is 5.69 Å². The molecule has 20 heavy (non-hydrogen) atoms. The molecule has 1 aromatic rings. The summed E-state index contributed by atoms with van der Waals surface area (Å²) in [5.74, 6) is -0.883. The molecule has 1 rings (SSSR count). The number of amides is 1. The van der Waals surface area contributed by atoms with E-state index in [2.05, 4.69) is 6.92 Å². The molecule has 0 radical (unpaired) electrons. The number of nitrogen functional groups attached to an aromatic ring is 1. The molecule has 6 heteroatoms. The first-order chi connectivity index (χ1) is 9.45. The summed E-state index contributed by atoms with van der Waals surface area (Å²) in [6.07, 6.45) is 1.96. The predicted octanol–water partition coefficient (Wildman–Crippen LogP) is 1.60. The topological polar surface area (TPSA) is 92.9 Å². The fourth-order valence-corrected chi connectivity index (χ4v) is 1.58. The number of rotatable bonds is 7. The van der Waals surface area contributed by atoms with E-state index in [-0.39, 0.29) is 23.8 Å². The number of carbonyl (C=O) groups is 2. The van der Waals surface area contributed by atoms with Crippen LogP contribution in [0, 0.1) is 0 Å². The number of hydrogen-bond acceptors (Lipinski definition) is 4. The number of hydrogen-bond donors (Lipinski definition) is 2. The molecule has 0 unspecified atom stereocenters. The van der Waals surface area contributed by atoms with Gasteiger partial charge in [0, 0.05) is 13.6 Å². The van der Waals surface area contributed by atoms with Crippen molar-refractivity contribution < 1.29 is 19.4 Å². The van der Waals surface area contributed by atoms with E-state index >= 15 is 0 Å². The van der Waals surface area contributed by atoms with Gasteiger partial charge in [0.2, 0.25) is 0 Å². The summed E-state index contributed by atoms with van der Waals surface area (Å²) in [5, 5.41) is 8.82. The van der Waals surface area contributed by atoms with Gasteiger partial charge in [0.25, 0.3) is 5.91 Å². The minimum atomic E-state index is -1.06. The molecule has 6 nitrogen and oxygen atoms in total. The van der Waals surface area contributed by atoms with E-state index in [4.69, 9.17) is 15.6 Å². The van der Waals surface area contributed by atoms with E-state index in [1.165, 1.54) is 18.2 Å². The third kappa shape index (κ3) is 4.46. The van der Waals surface area contributed by atoms with Crippen molar-refractivity contribution in [3.05, 3.63) is 23.8 Å².